The van der Waals surface area contributed by atoms with Crippen LogP contribution < -0.4 is 10.1 Å². The zero-order valence-electron chi connectivity index (χ0n) is 13.1. The number of carbonyl (C=O) groups is 1. The Morgan fingerprint density at radius 3 is 3.09 bits per heavy atom. The minimum atomic E-state index is -0.0238. The predicted octanol–water partition coefficient (Wildman–Crippen LogP) is 2.32. The highest BCUT2D eigenvalue weighted by atomic mass is 32.1. The zero-order valence-corrected chi connectivity index (χ0v) is 13.9. The third-order valence-corrected chi connectivity index (χ3v) is 4.78. The molecule has 0 bridgehead atoms. The number of likely N-dealkylation sites (tertiary alicyclic amines) is 1. The Balaban J connectivity index is 1.45. The second-order valence-corrected chi connectivity index (χ2v) is 6.56. The molecule has 7 heteroatoms. The first-order valence-electron chi connectivity index (χ1n) is 7.64. The molecule has 6 nitrogen and oxygen atoms in total. The van der Waals surface area contributed by atoms with Crippen molar-refractivity contribution in [1.82, 2.24) is 20.2 Å². The molecule has 0 saturated carbocycles. The van der Waals surface area contributed by atoms with Gasteiger partial charge >= 0.3 is 6.03 Å². The van der Waals surface area contributed by atoms with Crippen LogP contribution in [0.4, 0.5) is 4.79 Å². The van der Waals surface area contributed by atoms with Crippen LogP contribution in [-0.4, -0.2) is 41.1 Å². The molecule has 1 N–H and O–H groups in total. The molecular formula is C16H20N4O2S. The number of aromatic nitrogens is 2. The van der Waals surface area contributed by atoms with Gasteiger partial charge in [0.05, 0.1) is 30.6 Å². The number of pyridine rings is 1. The molecule has 0 spiro atoms. The quantitative estimate of drug-likeness (QED) is 0.912. The summed E-state index contributed by atoms with van der Waals surface area (Å²) in [5.74, 6) is 1.22. The fourth-order valence-corrected chi connectivity index (χ4v) is 3.43. The van der Waals surface area contributed by atoms with Crippen molar-refractivity contribution in [2.45, 2.75) is 19.4 Å². The maximum absolute atomic E-state index is 12.2. The van der Waals surface area contributed by atoms with E-state index in [1.54, 1.807) is 24.6 Å². The molecular weight excluding hydrogens is 312 g/mol. The Bertz CT molecular complexity index is 630. The van der Waals surface area contributed by atoms with Crippen LogP contribution in [0.2, 0.25) is 0 Å². The van der Waals surface area contributed by atoms with Gasteiger partial charge in [-0.15, -0.1) is 11.3 Å². The summed E-state index contributed by atoms with van der Waals surface area (Å²) in [5.41, 5.74) is 0.817. The largest absolute Gasteiger partial charge is 0.495 e. The lowest BCUT2D eigenvalue weighted by Gasteiger charge is -2.17. The molecule has 2 aromatic rings. The highest BCUT2D eigenvalue weighted by molar-refractivity contribution is 7.09. The van der Waals surface area contributed by atoms with Gasteiger partial charge in [-0.3, -0.25) is 4.98 Å². The molecule has 3 heterocycles. The van der Waals surface area contributed by atoms with Gasteiger partial charge in [-0.05, 0) is 24.5 Å². The number of ether oxygens (including phenoxy) is 1. The van der Waals surface area contributed by atoms with Gasteiger partial charge in [0.1, 0.15) is 5.75 Å². The Hall–Kier alpha value is -2.15. The lowest BCUT2D eigenvalue weighted by atomic mass is 10.1. The molecule has 3 rings (SSSR count). The van der Waals surface area contributed by atoms with Crippen LogP contribution in [0.25, 0.3) is 0 Å². The fourth-order valence-electron chi connectivity index (χ4n) is 2.70. The first kappa shape index (κ1) is 15.7. The minimum absolute atomic E-state index is 0.0238. The topological polar surface area (TPSA) is 67.3 Å². The summed E-state index contributed by atoms with van der Waals surface area (Å²) < 4.78 is 5.07. The van der Waals surface area contributed by atoms with Gasteiger partial charge in [0.15, 0.2) is 0 Å². The molecule has 0 radical (unpaired) electrons. The van der Waals surface area contributed by atoms with Crippen molar-refractivity contribution in [2.24, 2.45) is 5.92 Å². The highest BCUT2D eigenvalue weighted by Crippen LogP contribution is 2.21. The fraction of sp³-hybridized carbons (Fsp3) is 0.438. The van der Waals surface area contributed by atoms with E-state index in [0.29, 0.717) is 18.2 Å². The SMILES string of the molecule is COc1ccc(CNC(=O)N2CC[C@H](Cc3nccs3)C2)nc1. The number of urea groups is 1. The molecule has 0 aliphatic carbocycles. The molecule has 0 aromatic carbocycles. The number of hydrogen-bond donors (Lipinski definition) is 1. The van der Waals surface area contributed by atoms with Crippen molar-refractivity contribution in [3.8, 4) is 5.75 Å². The molecule has 1 atom stereocenters. The number of amides is 2. The molecule has 1 fully saturated rings. The number of nitrogens with zero attached hydrogens (tertiary/aromatic N) is 3. The van der Waals surface area contributed by atoms with Gasteiger partial charge in [-0.2, -0.15) is 0 Å². The van der Waals surface area contributed by atoms with E-state index in [9.17, 15) is 4.79 Å². The summed E-state index contributed by atoms with van der Waals surface area (Å²) in [4.78, 5) is 22.7. The molecule has 1 aliphatic heterocycles. The van der Waals surface area contributed by atoms with Gasteiger partial charge in [0, 0.05) is 31.1 Å². The smallest absolute Gasteiger partial charge is 0.317 e. The van der Waals surface area contributed by atoms with E-state index in [-0.39, 0.29) is 6.03 Å². The van der Waals surface area contributed by atoms with Gasteiger partial charge in [0.2, 0.25) is 0 Å². The van der Waals surface area contributed by atoms with Crippen LogP contribution >= 0.6 is 11.3 Å². The summed E-state index contributed by atoms with van der Waals surface area (Å²) in [6.45, 7) is 2.02. The third-order valence-electron chi connectivity index (χ3n) is 3.97. The maximum Gasteiger partial charge on any atom is 0.317 e. The van der Waals surface area contributed by atoms with Crippen LogP contribution in [0.5, 0.6) is 5.75 Å². The van der Waals surface area contributed by atoms with Crippen molar-refractivity contribution in [3.05, 3.63) is 40.6 Å². The molecule has 0 unspecified atom stereocenters. The third kappa shape index (κ3) is 4.19. The lowest BCUT2D eigenvalue weighted by Crippen LogP contribution is -2.38. The Kier molecular flexibility index (Phi) is 5.07. The van der Waals surface area contributed by atoms with E-state index in [1.807, 2.05) is 28.6 Å². The summed E-state index contributed by atoms with van der Waals surface area (Å²) >= 11 is 1.68. The minimum Gasteiger partial charge on any atom is -0.495 e. The average Bonchev–Trinajstić information content (AvgIpc) is 3.25. The molecule has 122 valence electrons. The number of hydrogen-bond acceptors (Lipinski definition) is 5. The van der Waals surface area contributed by atoms with Crippen molar-refractivity contribution in [3.63, 3.8) is 0 Å². The lowest BCUT2D eigenvalue weighted by molar-refractivity contribution is 0.206. The van der Waals surface area contributed by atoms with E-state index < -0.39 is 0 Å². The summed E-state index contributed by atoms with van der Waals surface area (Å²) in [6, 6.07) is 3.67. The van der Waals surface area contributed by atoms with Gasteiger partial charge in [-0.1, -0.05) is 0 Å². The van der Waals surface area contributed by atoms with Crippen molar-refractivity contribution in [2.75, 3.05) is 20.2 Å². The van der Waals surface area contributed by atoms with E-state index in [4.69, 9.17) is 4.74 Å². The van der Waals surface area contributed by atoms with Crippen LogP contribution in [0.3, 0.4) is 0 Å². The van der Waals surface area contributed by atoms with Gasteiger partial charge in [0.25, 0.3) is 0 Å². The van der Waals surface area contributed by atoms with E-state index in [0.717, 1.165) is 36.6 Å². The standard InChI is InChI=1S/C16H20N4O2S/c1-22-14-3-2-13(18-10-14)9-19-16(21)20-6-4-12(11-20)8-15-17-5-7-23-15/h2-3,5,7,10,12H,4,6,8-9,11H2,1H3,(H,19,21)/t12-/m1/s1. The van der Waals surface area contributed by atoms with Crippen molar-refractivity contribution < 1.29 is 9.53 Å². The summed E-state index contributed by atoms with van der Waals surface area (Å²) in [6.07, 6.45) is 5.48. The molecule has 2 amide bonds. The average molecular weight is 332 g/mol. The molecule has 23 heavy (non-hydrogen) atoms. The number of carbonyl (C=O) groups excluding carboxylic acids is 1. The molecule has 1 saturated heterocycles. The van der Waals surface area contributed by atoms with Crippen LogP contribution in [-0.2, 0) is 13.0 Å². The van der Waals surface area contributed by atoms with E-state index >= 15 is 0 Å². The van der Waals surface area contributed by atoms with Gasteiger partial charge < -0.3 is 15.0 Å². The van der Waals surface area contributed by atoms with Crippen molar-refractivity contribution >= 4 is 17.4 Å². The number of thiazole rings is 1. The highest BCUT2D eigenvalue weighted by Gasteiger charge is 2.26. The Morgan fingerprint density at radius 2 is 2.39 bits per heavy atom. The van der Waals surface area contributed by atoms with Gasteiger partial charge in [-0.25, -0.2) is 9.78 Å². The van der Waals surface area contributed by atoms with Crippen LogP contribution in [0.15, 0.2) is 29.9 Å². The number of rotatable bonds is 5. The van der Waals surface area contributed by atoms with Crippen LogP contribution in [0.1, 0.15) is 17.1 Å². The van der Waals surface area contributed by atoms with Crippen LogP contribution in [0, 0.1) is 5.92 Å². The number of methoxy groups -OCH3 is 1. The maximum atomic E-state index is 12.2. The summed E-state index contributed by atoms with van der Waals surface area (Å²) in [5, 5.41) is 6.08. The Labute approximate surface area is 139 Å². The first-order valence-corrected chi connectivity index (χ1v) is 8.52. The normalized spacial score (nSPS) is 17.3. The Morgan fingerprint density at radius 1 is 1.48 bits per heavy atom. The predicted molar refractivity (Wildman–Crippen MR) is 88.5 cm³/mol. The molecule has 2 aromatic heterocycles. The molecule has 1 aliphatic rings. The first-order chi connectivity index (χ1) is 11.2. The van der Waals surface area contributed by atoms with Crippen molar-refractivity contribution in [1.29, 1.82) is 0 Å². The second kappa shape index (κ2) is 7.41. The van der Waals surface area contributed by atoms with E-state index in [2.05, 4.69) is 15.3 Å². The van der Waals surface area contributed by atoms with E-state index in [1.165, 1.54) is 0 Å². The monoisotopic (exact) mass is 332 g/mol. The summed E-state index contributed by atoms with van der Waals surface area (Å²) in [7, 11) is 1.61. The second-order valence-electron chi connectivity index (χ2n) is 5.58. The number of nitrogens with one attached hydrogen (secondary N) is 1. The zero-order chi connectivity index (χ0) is 16.1.